The van der Waals surface area contributed by atoms with E-state index in [2.05, 4.69) is 64.5 Å². The molecule has 2 aromatic heterocycles. The van der Waals surface area contributed by atoms with Crippen molar-refractivity contribution < 1.29 is 9.53 Å². The van der Waals surface area contributed by atoms with E-state index in [9.17, 15) is 4.79 Å². The van der Waals surface area contributed by atoms with Crippen molar-refractivity contribution in [2.75, 3.05) is 20.3 Å². The van der Waals surface area contributed by atoms with Gasteiger partial charge in [-0.05, 0) is 47.6 Å². The summed E-state index contributed by atoms with van der Waals surface area (Å²) in [7, 11) is 1.65. The lowest BCUT2D eigenvalue weighted by Gasteiger charge is -2.25. The average molecular weight is 421 g/mol. The van der Waals surface area contributed by atoms with E-state index in [0.29, 0.717) is 25.5 Å². The van der Waals surface area contributed by atoms with Gasteiger partial charge in [-0.3, -0.25) is 15.1 Å². The number of hydrogen-bond acceptors (Lipinski definition) is 4. The van der Waals surface area contributed by atoms with Crippen molar-refractivity contribution in [3.8, 4) is 0 Å². The minimum absolute atomic E-state index is 0.0340. The van der Waals surface area contributed by atoms with E-state index in [4.69, 9.17) is 4.74 Å². The molecule has 3 heterocycles. The summed E-state index contributed by atoms with van der Waals surface area (Å²) in [6, 6.07) is 10.5. The number of pyridine rings is 1. The SMILES string of the molecule is COCCNC(=O)C1Cc2cn(Cc3cccnc3)c3cccc(c23)C(CC(C)C)N1. The smallest absolute Gasteiger partial charge is 0.237 e. The average Bonchev–Trinajstić information content (AvgIpc) is 3.02. The van der Waals surface area contributed by atoms with Crippen LogP contribution in [-0.2, 0) is 22.5 Å². The summed E-state index contributed by atoms with van der Waals surface area (Å²) in [6.07, 6.45) is 7.58. The predicted octanol–water partition coefficient (Wildman–Crippen LogP) is 3.45. The number of aromatic nitrogens is 2. The van der Waals surface area contributed by atoms with Crippen molar-refractivity contribution in [2.24, 2.45) is 5.92 Å². The van der Waals surface area contributed by atoms with Gasteiger partial charge in [-0.2, -0.15) is 0 Å². The van der Waals surface area contributed by atoms with Crippen molar-refractivity contribution >= 4 is 16.8 Å². The van der Waals surface area contributed by atoms with Gasteiger partial charge in [-0.15, -0.1) is 0 Å². The zero-order valence-electron chi connectivity index (χ0n) is 18.6. The third-order valence-electron chi connectivity index (χ3n) is 5.92. The van der Waals surface area contributed by atoms with E-state index in [1.165, 1.54) is 27.6 Å². The number of amides is 1. The quantitative estimate of drug-likeness (QED) is 0.548. The summed E-state index contributed by atoms with van der Waals surface area (Å²) in [5.41, 5.74) is 4.89. The second kappa shape index (κ2) is 9.62. The molecule has 2 unspecified atom stereocenters. The summed E-state index contributed by atoms with van der Waals surface area (Å²) >= 11 is 0. The lowest BCUT2D eigenvalue weighted by Crippen LogP contribution is -2.47. The molecule has 0 spiro atoms. The molecule has 2 N–H and O–H groups in total. The van der Waals surface area contributed by atoms with Gasteiger partial charge in [0.1, 0.15) is 0 Å². The van der Waals surface area contributed by atoms with Crippen molar-refractivity contribution in [3.63, 3.8) is 0 Å². The molecule has 0 bridgehead atoms. The van der Waals surface area contributed by atoms with E-state index in [-0.39, 0.29) is 18.0 Å². The minimum atomic E-state index is -0.273. The molecule has 0 saturated heterocycles. The van der Waals surface area contributed by atoms with Gasteiger partial charge in [0.05, 0.1) is 12.6 Å². The number of ether oxygens (including phenoxy) is 1. The number of benzene rings is 1. The monoisotopic (exact) mass is 420 g/mol. The van der Waals surface area contributed by atoms with Gasteiger partial charge in [0.25, 0.3) is 0 Å². The van der Waals surface area contributed by atoms with Crippen LogP contribution in [0.4, 0.5) is 0 Å². The molecule has 4 rings (SSSR count). The molecule has 6 nitrogen and oxygen atoms in total. The first-order valence-electron chi connectivity index (χ1n) is 11.1. The Bertz CT molecular complexity index is 1030. The van der Waals surface area contributed by atoms with Gasteiger partial charge < -0.3 is 14.6 Å². The predicted molar refractivity (Wildman–Crippen MR) is 123 cm³/mol. The zero-order chi connectivity index (χ0) is 21.8. The highest BCUT2D eigenvalue weighted by molar-refractivity contribution is 5.90. The maximum absolute atomic E-state index is 13.0. The Kier molecular flexibility index (Phi) is 6.68. The Morgan fingerprint density at radius 2 is 2.19 bits per heavy atom. The Morgan fingerprint density at radius 1 is 1.32 bits per heavy atom. The normalized spacial score (nSPS) is 18.3. The lowest BCUT2D eigenvalue weighted by molar-refractivity contribution is -0.123. The van der Waals surface area contributed by atoms with E-state index >= 15 is 0 Å². The summed E-state index contributed by atoms with van der Waals surface area (Å²) in [4.78, 5) is 17.2. The molecule has 1 amide bonds. The second-order valence-electron chi connectivity index (χ2n) is 8.77. The molecule has 6 heteroatoms. The lowest BCUT2D eigenvalue weighted by atomic mass is 9.94. The van der Waals surface area contributed by atoms with Crippen LogP contribution < -0.4 is 10.6 Å². The van der Waals surface area contributed by atoms with Crippen molar-refractivity contribution in [2.45, 2.75) is 45.3 Å². The van der Waals surface area contributed by atoms with E-state index in [1.54, 1.807) is 13.3 Å². The first kappa shape index (κ1) is 21.5. The van der Waals surface area contributed by atoms with Crippen molar-refractivity contribution in [3.05, 3.63) is 65.6 Å². The Hall–Kier alpha value is -2.70. The number of rotatable bonds is 8. The highest BCUT2D eigenvalue weighted by Crippen LogP contribution is 2.36. The largest absolute Gasteiger partial charge is 0.383 e. The summed E-state index contributed by atoms with van der Waals surface area (Å²) in [5, 5.41) is 7.97. The highest BCUT2D eigenvalue weighted by Gasteiger charge is 2.30. The molecule has 0 aliphatic carbocycles. The first-order chi connectivity index (χ1) is 15.1. The fourth-order valence-electron chi connectivity index (χ4n) is 4.58. The standard InChI is InChI=1S/C25H32N4O2/c1-17(2)12-21-20-7-4-8-23-24(20)19(13-22(28-21)25(30)27-10-11-31-3)16-29(23)15-18-6-5-9-26-14-18/h4-9,14,16-17,21-22,28H,10-13,15H2,1-3H3,(H,27,30). The number of hydrogen-bond donors (Lipinski definition) is 2. The van der Waals surface area contributed by atoms with Crippen LogP contribution in [0.25, 0.3) is 10.9 Å². The van der Waals surface area contributed by atoms with Gasteiger partial charge in [0.15, 0.2) is 0 Å². The molecule has 1 aromatic carbocycles. The van der Waals surface area contributed by atoms with Crippen LogP contribution in [-0.4, -0.2) is 41.8 Å². The molecule has 0 radical (unpaired) electrons. The van der Waals surface area contributed by atoms with Crippen LogP contribution >= 0.6 is 0 Å². The maximum Gasteiger partial charge on any atom is 0.237 e. The summed E-state index contributed by atoms with van der Waals surface area (Å²) in [6.45, 7) is 6.26. The molecule has 31 heavy (non-hydrogen) atoms. The third kappa shape index (κ3) is 4.81. The van der Waals surface area contributed by atoms with Gasteiger partial charge in [0.2, 0.25) is 5.91 Å². The second-order valence-corrected chi connectivity index (χ2v) is 8.77. The van der Waals surface area contributed by atoms with E-state index in [0.717, 1.165) is 13.0 Å². The molecule has 164 valence electrons. The van der Waals surface area contributed by atoms with Gasteiger partial charge in [-0.25, -0.2) is 0 Å². The summed E-state index contributed by atoms with van der Waals surface area (Å²) < 4.78 is 7.39. The van der Waals surface area contributed by atoms with E-state index in [1.807, 2.05) is 12.3 Å². The minimum Gasteiger partial charge on any atom is -0.383 e. The van der Waals surface area contributed by atoms with Crippen LogP contribution in [0.3, 0.4) is 0 Å². The number of carbonyl (C=O) groups is 1. The van der Waals surface area contributed by atoms with Gasteiger partial charge in [0, 0.05) is 55.7 Å². The Labute approximate surface area is 184 Å². The van der Waals surface area contributed by atoms with Crippen LogP contribution in [0.15, 0.2) is 48.9 Å². The van der Waals surface area contributed by atoms with Crippen molar-refractivity contribution in [1.29, 1.82) is 0 Å². The van der Waals surface area contributed by atoms with Crippen LogP contribution in [0, 0.1) is 5.92 Å². The Morgan fingerprint density at radius 3 is 2.94 bits per heavy atom. The van der Waals surface area contributed by atoms with Gasteiger partial charge in [-0.1, -0.05) is 32.0 Å². The number of nitrogens with zero attached hydrogens (tertiary/aromatic N) is 2. The zero-order valence-corrected chi connectivity index (χ0v) is 18.6. The topological polar surface area (TPSA) is 68.2 Å². The summed E-state index contributed by atoms with van der Waals surface area (Å²) in [5.74, 6) is 0.552. The van der Waals surface area contributed by atoms with Crippen LogP contribution in [0.1, 0.15) is 43.0 Å². The molecular formula is C25H32N4O2. The molecule has 0 fully saturated rings. The fourth-order valence-corrected chi connectivity index (χ4v) is 4.58. The van der Waals surface area contributed by atoms with Crippen LogP contribution in [0.2, 0.25) is 0 Å². The maximum atomic E-state index is 13.0. The highest BCUT2D eigenvalue weighted by atomic mass is 16.5. The molecule has 1 aliphatic rings. The molecular weight excluding hydrogens is 388 g/mol. The first-order valence-corrected chi connectivity index (χ1v) is 11.1. The Balaban J connectivity index is 1.72. The number of carbonyl (C=O) groups excluding carboxylic acids is 1. The molecule has 2 atom stereocenters. The third-order valence-corrected chi connectivity index (χ3v) is 5.92. The van der Waals surface area contributed by atoms with Gasteiger partial charge >= 0.3 is 0 Å². The van der Waals surface area contributed by atoms with Crippen LogP contribution in [0.5, 0.6) is 0 Å². The van der Waals surface area contributed by atoms with E-state index < -0.39 is 0 Å². The number of methoxy groups -OCH3 is 1. The fraction of sp³-hybridized carbons (Fsp3) is 0.440. The van der Waals surface area contributed by atoms with Crippen molar-refractivity contribution in [1.82, 2.24) is 20.2 Å². The molecule has 1 aliphatic heterocycles. The molecule has 3 aromatic rings. The molecule has 0 saturated carbocycles. The number of nitrogens with one attached hydrogen (secondary N) is 2.